The van der Waals surface area contributed by atoms with Crippen molar-refractivity contribution in [2.75, 3.05) is 7.05 Å². The summed E-state index contributed by atoms with van der Waals surface area (Å²) in [4.78, 5) is 4.25. The van der Waals surface area contributed by atoms with E-state index in [0.717, 1.165) is 17.4 Å². The average molecular weight is 307 g/mol. The first-order valence-electron chi connectivity index (χ1n) is 7.97. The fraction of sp³-hybridized carbons (Fsp3) is 0.588. The Labute approximate surface area is 131 Å². The maximum Gasteiger partial charge on any atom is 0.191 e. The molecule has 0 aromatic heterocycles. The first-order chi connectivity index (χ1) is 10.6. The summed E-state index contributed by atoms with van der Waals surface area (Å²) in [7, 11) is 1.75. The van der Waals surface area contributed by atoms with Crippen LogP contribution in [0.2, 0.25) is 0 Å². The maximum absolute atomic E-state index is 13.4. The molecule has 2 rings (SSSR count). The molecule has 5 heteroatoms. The SMILES string of the molecule is CN=C(NCc1ccc(F)c(CO)c1)NC1CCC(C)CC1. The van der Waals surface area contributed by atoms with E-state index in [1.807, 2.05) is 0 Å². The van der Waals surface area contributed by atoms with Crippen LogP contribution in [-0.2, 0) is 13.2 Å². The van der Waals surface area contributed by atoms with Crippen molar-refractivity contribution in [1.82, 2.24) is 10.6 Å². The van der Waals surface area contributed by atoms with Gasteiger partial charge in [-0.25, -0.2) is 4.39 Å². The summed E-state index contributed by atoms with van der Waals surface area (Å²) in [6, 6.07) is 5.26. The van der Waals surface area contributed by atoms with Crippen LogP contribution in [0.15, 0.2) is 23.2 Å². The number of guanidine groups is 1. The Morgan fingerprint density at radius 2 is 2.05 bits per heavy atom. The summed E-state index contributed by atoms with van der Waals surface area (Å²) < 4.78 is 13.4. The van der Waals surface area contributed by atoms with Gasteiger partial charge in [-0.15, -0.1) is 0 Å². The quantitative estimate of drug-likeness (QED) is 0.592. The number of hydrogen-bond acceptors (Lipinski definition) is 2. The summed E-state index contributed by atoms with van der Waals surface area (Å²) in [5.74, 6) is 1.23. The van der Waals surface area contributed by atoms with Crippen molar-refractivity contribution in [2.45, 2.75) is 51.8 Å². The molecule has 0 bridgehead atoms. The number of nitrogens with zero attached hydrogens (tertiary/aromatic N) is 1. The van der Waals surface area contributed by atoms with E-state index < -0.39 is 0 Å². The first-order valence-corrected chi connectivity index (χ1v) is 7.97. The standard InChI is InChI=1S/C17H26FN3O/c1-12-3-6-15(7-4-12)21-17(19-2)20-10-13-5-8-16(18)14(9-13)11-22/h5,8-9,12,15,22H,3-4,6-7,10-11H2,1-2H3,(H2,19,20,21). The van der Waals surface area contributed by atoms with Crippen molar-refractivity contribution in [1.29, 1.82) is 0 Å². The van der Waals surface area contributed by atoms with Crippen LogP contribution in [0.25, 0.3) is 0 Å². The fourth-order valence-electron chi connectivity index (χ4n) is 2.84. The number of nitrogens with one attached hydrogen (secondary N) is 2. The molecule has 1 fully saturated rings. The highest BCUT2D eigenvalue weighted by Gasteiger charge is 2.18. The number of benzene rings is 1. The molecule has 0 heterocycles. The third-order valence-electron chi connectivity index (χ3n) is 4.32. The van der Waals surface area contributed by atoms with E-state index in [2.05, 4.69) is 22.5 Å². The van der Waals surface area contributed by atoms with Crippen molar-refractivity contribution < 1.29 is 9.50 Å². The summed E-state index contributed by atoms with van der Waals surface area (Å²) >= 11 is 0. The minimum Gasteiger partial charge on any atom is -0.392 e. The van der Waals surface area contributed by atoms with Crippen LogP contribution < -0.4 is 10.6 Å². The largest absolute Gasteiger partial charge is 0.392 e. The molecule has 0 unspecified atom stereocenters. The van der Waals surface area contributed by atoms with Crippen molar-refractivity contribution >= 4 is 5.96 Å². The second kappa shape index (κ2) is 8.13. The molecule has 22 heavy (non-hydrogen) atoms. The Kier molecular flexibility index (Phi) is 6.19. The van der Waals surface area contributed by atoms with Crippen LogP contribution >= 0.6 is 0 Å². The molecule has 1 saturated carbocycles. The third kappa shape index (κ3) is 4.70. The van der Waals surface area contributed by atoms with E-state index >= 15 is 0 Å². The average Bonchev–Trinajstić information content (AvgIpc) is 2.54. The Morgan fingerprint density at radius 3 is 2.68 bits per heavy atom. The Balaban J connectivity index is 1.86. The van der Waals surface area contributed by atoms with E-state index in [0.29, 0.717) is 18.2 Å². The fourth-order valence-corrected chi connectivity index (χ4v) is 2.84. The minimum atomic E-state index is -0.370. The van der Waals surface area contributed by atoms with Gasteiger partial charge in [0.1, 0.15) is 5.82 Å². The van der Waals surface area contributed by atoms with Gasteiger partial charge in [-0.05, 0) is 49.3 Å². The molecular formula is C17H26FN3O. The third-order valence-corrected chi connectivity index (χ3v) is 4.32. The van der Waals surface area contributed by atoms with Crippen molar-refractivity contribution in [2.24, 2.45) is 10.9 Å². The van der Waals surface area contributed by atoms with Crippen LogP contribution in [0.1, 0.15) is 43.7 Å². The van der Waals surface area contributed by atoms with E-state index in [9.17, 15) is 4.39 Å². The molecule has 0 saturated heterocycles. The lowest BCUT2D eigenvalue weighted by molar-refractivity contribution is 0.275. The number of aliphatic hydroxyl groups excluding tert-OH is 1. The summed E-state index contributed by atoms with van der Waals surface area (Å²) in [6.45, 7) is 2.57. The Bertz CT molecular complexity index is 511. The van der Waals surface area contributed by atoms with Crippen molar-refractivity contribution in [3.8, 4) is 0 Å². The first kappa shape index (κ1) is 16.7. The molecule has 0 atom stereocenters. The smallest absolute Gasteiger partial charge is 0.191 e. The van der Waals surface area contributed by atoms with Gasteiger partial charge in [-0.2, -0.15) is 0 Å². The predicted octanol–water partition coefficient (Wildman–Crippen LogP) is 2.56. The molecule has 4 nitrogen and oxygen atoms in total. The molecule has 0 spiro atoms. The number of hydrogen-bond donors (Lipinski definition) is 3. The van der Waals surface area contributed by atoms with Gasteiger partial charge in [0.2, 0.25) is 0 Å². The van der Waals surface area contributed by atoms with E-state index in [1.165, 1.54) is 31.7 Å². The molecule has 1 aromatic carbocycles. The zero-order chi connectivity index (χ0) is 15.9. The van der Waals surface area contributed by atoms with Crippen LogP contribution in [-0.4, -0.2) is 24.2 Å². The molecule has 1 aliphatic rings. The zero-order valence-electron chi connectivity index (χ0n) is 13.4. The highest BCUT2D eigenvalue weighted by Crippen LogP contribution is 2.23. The van der Waals surface area contributed by atoms with Crippen molar-refractivity contribution in [3.63, 3.8) is 0 Å². The summed E-state index contributed by atoms with van der Waals surface area (Å²) in [6.07, 6.45) is 4.86. The topological polar surface area (TPSA) is 56.7 Å². The lowest BCUT2D eigenvalue weighted by Gasteiger charge is -2.28. The van der Waals surface area contributed by atoms with Gasteiger partial charge in [0.15, 0.2) is 5.96 Å². The molecule has 0 radical (unpaired) electrons. The van der Waals surface area contributed by atoms with Gasteiger partial charge in [-0.1, -0.05) is 13.0 Å². The summed E-state index contributed by atoms with van der Waals surface area (Å²) in [5.41, 5.74) is 1.24. The Morgan fingerprint density at radius 1 is 1.32 bits per heavy atom. The highest BCUT2D eigenvalue weighted by atomic mass is 19.1. The number of aliphatic hydroxyl groups is 1. The molecule has 0 amide bonds. The Hall–Kier alpha value is -1.62. The zero-order valence-corrected chi connectivity index (χ0v) is 13.4. The second-order valence-electron chi connectivity index (χ2n) is 6.11. The number of aliphatic imine (C=N–C) groups is 1. The number of rotatable bonds is 4. The van der Waals surface area contributed by atoms with Gasteiger partial charge in [0, 0.05) is 25.2 Å². The maximum atomic E-state index is 13.4. The van der Waals surface area contributed by atoms with Crippen LogP contribution in [0, 0.1) is 11.7 Å². The van der Waals surface area contributed by atoms with E-state index in [1.54, 1.807) is 19.2 Å². The molecule has 1 aliphatic carbocycles. The molecule has 122 valence electrons. The molecule has 3 N–H and O–H groups in total. The predicted molar refractivity (Wildman–Crippen MR) is 87.1 cm³/mol. The number of halogens is 1. The second-order valence-corrected chi connectivity index (χ2v) is 6.11. The van der Waals surface area contributed by atoms with Gasteiger partial charge in [0.05, 0.1) is 6.61 Å². The monoisotopic (exact) mass is 307 g/mol. The summed E-state index contributed by atoms with van der Waals surface area (Å²) in [5, 5.41) is 15.8. The minimum absolute atomic E-state index is 0.285. The molecule has 0 aliphatic heterocycles. The van der Waals surface area contributed by atoms with Gasteiger partial charge < -0.3 is 15.7 Å². The van der Waals surface area contributed by atoms with Gasteiger partial charge >= 0.3 is 0 Å². The molecule has 1 aromatic rings. The lowest BCUT2D eigenvalue weighted by atomic mass is 9.87. The highest BCUT2D eigenvalue weighted by molar-refractivity contribution is 5.79. The van der Waals surface area contributed by atoms with Crippen LogP contribution in [0.4, 0.5) is 4.39 Å². The van der Waals surface area contributed by atoms with Gasteiger partial charge in [-0.3, -0.25) is 4.99 Å². The van der Waals surface area contributed by atoms with E-state index in [4.69, 9.17) is 5.11 Å². The lowest BCUT2D eigenvalue weighted by Crippen LogP contribution is -2.44. The van der Waals surface area contributed by atoms with Gasteiger partial charge in [0.25, 0.3) is 0 Å². The molecular weight excluding hydrogens is 281 g/mol. The van der Waals surface area contributed by atoms with Crippen molar-refractivity contribution in [3.05, 3.63) is 35.1 Å². The van der Waals surface area contributed by atoms with Crippen LogP contribution in [0.3, 0.4) is 0 Å². The normalized spacial score (nSPS) is 22.5. The van der Waals surface area contributed by atoms with Crippen LogP contribution in [0.5, 0.6) is 0 Å². The van der Waals surface area contributed by atoms with E-state index in [-0.39, 0.29) is 12.4 Å².